The Morgan fingerprint density at radius 1 is 0.714 bits per heavy atom. The minimum absolute atomic E-state index is 0.00600. The molecule has 0 aliphatic carbocycles. The van der Waals surface area contributed by atoms with Crippen molar-refractivity contribution in [1.29, 1.82) is 0 Å². The number of rotatable bonds is 18. The fourth-order valence-electron chi connectivity index (χ4n) is 5.02. The third-order valence-corrected chi connectivity index (χ3v) is 8.16. The first-order chi connectivity index (χ1) is 25.9. The standard InChI is InChI=1S/C40H56N4O11S/c1-26(2)33(36(48)41-29(22-23-56(9,51)52)20-21-31(45)54-39(3,4)5)43-37(49)34(28-18-14-11-15-19-28)44-35(47)30(24-32(46)55-40(6,7)8)42-38(50)53-25-27-16-12-10-13-17-27/h10-19,22-23,26,29-30,33-34H,20-21,24-25H2,1-9H3,(H,41,48)(H,42,50)(H,43,49)(H,44,47)/b23-22+/t29-,30-,33-,34-/m0/s1. The van der Waals surface area contributed by atoms with Gasteiger partial charge in [-0.15, -0.1) is 0 Å². The minimum Gasteiger partial charge on any atom is -0.460 e. The number of hydrogen-bond acceptors (Lipinski definition) is 11. The van der Waals surface area contributed by atoms with E-state index < -0.39 is 93.3 Å². The Labute approximate surface area is 329 Å². The fraction of sp³-hybridized carbons (Fsp3) is 0.500. The molecule has 4 N–H and O–H groups in total. The fourth-order valence-corrected chi connectivity index (χ4v) is 5.49. The maximum absolute atomic E-state index is 14.0. The van der Waals surface area contributed by atoms with Gasteiger partial charge in [0.05, 0.1) is 6.42 Å². The molecule has 0 saturated heterocycles. The van der Waals surface area contributed by atoms with Crippen molar-refractivity contribution in [3.05, 3.63) is 83.3 Å². The molecule has 0 aromatic heterocycles. The van der Waals surface area contributed by atoms with Crippen LogP contribution in [0.3, 0.4) is 0 Å². The largest absolute Gasteiger partial charge is 0.460 e. The first kappa shape index (κ1) is 46.9. The van der Waals surface area contributed by atoms with Crippen LogP contribution in [0.5, 0.6) is 0 Å². The lowest BCUT2D eigenvalue weighted by atomic mass is 10.00. The van der Waals surface area contributed by atoms with E-state index in [1.54, 1.807) is 116 Å². The highest BCUT2D eigenvalue weighted by Crippen LogP contribution is 2.17. The van der Waals surface area contributed by atoms with Gasteiger partial charge in [0.25, 0.3) is 0 Å². The summed E-state index contributed by atoms with van der Waals surface area (Å²) in [4.78, 5) is 79.8. The number of sulfone groups is 1. The van der Waals surface area contributed by atoms with Crippen molar-refractivity contribution in [1.82, 2.24) is 21.3 Å². The average Bonchev–Trinajstić information content (AvgIpc) is 3.08. The number of nitrogens with one attached hydrogen (secondary N) is 4. The van der Waals surface area contributed by atoms with Crippen molar-refractivity contribution < 1.29 is 51.4 Å². The predicted molar refractivity (Wildman–Crippen MR) is 209 cm³/mol. The average molecular weight is 801 g/mol. The topological polar surface area (TPSA) is 212 Å². The van der Waals surface area contributed by atoms with Gasteiger partial charge in [0.2, 0.25) is 17.7 Å². The van der Waals surface area contributed by atoms with Crippen LogP contribution in [0, 0.1) is 5.92 Å². The molecular weight excluding hydrogens is 745 g/mol. The van der Waals surface area contributed by atoms with Crippen molar-refractivity contribution in [2.24, 2.45) is 5.92 Å². The Kier molecular flexibility index (Phi) is 17.7. The zero-order chi connectivity index (χ0) is 42.3. The van der Waals surface area contributed by atoms with Gasteiger partial charge < -0.3 is 35.5 Å². The van der Waals surface area contributed by atoms with Crippen LogP contribution < -0.4 is 21.3 Å². The molecule has 0 heterocycles. The third kappa shape index (κ3) is 18.9. The Balaban J connectivity index is 2.35. The maximum atomic E-state index is 14.0. The summed E-state index contributed by atoms with van der Waals surface area (Å²) in [7, 11) is -3.60. The SMILES string of the molecule is CC(C)[C@H](NC(=O)[C@@H](NC(=O)[C@H](CC(=O)OC(C)(C)C)NC(=O)OCc1ccccc1)c1ccccc1)C(=O)N[C@H](/C=C/S(C)(=O)=O)CCC(=O)OC(C)(C)C. The Morgan fingerprint density at radius 2 is 1.27 bits per heavy atom. The number of benzene rings is 2. The molecule has 2 aromatic rings. The van der Waals surface area contributed by atoms with Crippen LogP contribution >= 0.6 is 0 Å². The summed E-state index contributed by atoms with van der Waals surface area (Å²) < 4.78 is 39.8. The molecule has 4 atom stereocenters. The van der Waals surface area contributed by atoms with E-state index in [4.69, 9.17) is 14.2 Å². The first-order valence-electron chi connectivity index (χ1n) is 18.2. The van der Waals surface area contributed by atoms with Gasteiger partial charge in [0.1, 0.15) is 35.9 Å². The summed E-state index contributed by atoms with van der Waals surface area (Å²) in [6.07, 6.45) is 0.471. The van der Waals surface area contributed by atoms with Gasteiger partial charge in [0, 0.05) is 24.1 Å². The Bertz CT molecular complexity index is 1790. The molecule has 0 unspecified atom stereocenters. The molecular formula is C40H56N4O11S. The number of carbonyl (C=O) groups excluding carboxylic acids is 6. The van der Waals surface area contributed by atoms with Crippen LogP contribution in [0.1, 0.15) is 91.8 Å². The number of carbonyl (C=O) groups is 6. The highest BCUT2D eigenvalue weighted by atomic mass is 32.2. The van der Waals surface area contributed by atoms with Gasteiger partial charge in [-0.05, 0) is 65.0 Å². The van der Waals surface area contributed by atoms with Gasteiger partial charge in [-0.2, -0.15) is 0 Å². The molecule has 4 amide bonds. The third-order valence-electron chi connectivity index (χ3n) is 7.51. The zero-order valence-electron chi connectivity index (χ0n) is 33.5. The van der Waals surface area contributed by atoms with Gasteiger partial charge in [-0.3, -0.25) is 24.0 Å². The summed E-state index contributed by atoms with van der Waals surface area (Å²) in [6, 6.07) is 11.8. The minimum atomic E-state index is -3.60. The maximum Gasteiger partial charge on any atom is 0.408 e. The van der Waals surface area contributed by atoms with Gasteiger partial charge >= 0.3 is 18.0 Å². The van der Waals surface area contributed by atoms with Crippen molar-refractivity contribution in [3.63, 3.8) is 0 Å². The Morgan fingerprint density at radius 3 is 1.80 bits per heavy atom. The number of ether oxygens (including phenoxy) is 3. The smallest absolute Gasteiger partial charge is 0.408 e. The molecule has 308 valence electrons. The van der Waals surface area contributed by atoms with Crippen LogP contribution in [0.2, 0.25) is 0 Å². The molecule has 0 aliphatic heterocycles. The van der Waals surface area contributed by atoms with Crippen LogP contribution in [-0.4, -0.2) is 79.8 Å². The summed E-state index contributed by atoms with van der Waals surface area (Å²) in [5.74, 6) is -4.29. The van der Waals surface area contributed by atoms with Crippen molar-refractivity contribution in [2.45, 2.75) is 117 Å². The lowest BCUT2D eigenvalue weighted by molar-refractivity contribution is -0.157. The monoisotopic (exact) mass is 800 g/mol. The number of alkyl carbamates (subject to hydrolysis) is 1. The second-order valence-corrected chi connectivity index (χ2v) is 17.5. The number of amides is 4. The van der Waals surface area contributed by atoms with Crippen molar-refractivity contribution in [3.8, 4) is 0 Å². The second kappa shape index (κ2) is 21.2. The molecule has 0 fully saturated rings. The molecule has 0 bridgehead atoms. The summed E-state index contributed by atoms with van der Waals surface area (Å²) >= 11 is 0. The van der Waals surface area contributed by atoms with Crippen LogP contribution in [0.15, 0.2) is 72.1 Å². The highest BCUT2D eigenvalue weighted by molar-refractivity contribution is 7.93. The number of esters is 2. The zero-order valence-corrected chi connectivity index (χ0v) is 34.4. The molecule has 0 saturated carbocycles. The second-order valence-electron chi connectivity index (χ2n) is 15.5. The normalized spacial score (nSPS) is 14.1. The summed E-state index contributed by atoms with van der Waals surface area (Å²) in [5.41, 5.74) is -0.662. The molecule has 56 heavy (non-hydrogen) atoms. The first-order valence-corrected chi connectivity index (χ1v) is 20.1. The molecule has 0 radical (unpaired) electrons. The van der Waals surface area contributed by atoms with Crippen molar-refractivity contribution in [2.75, 3.05) is 6.26 Å². The number of hydrogen-bond donors (Lipinski definition) is 4. The Hall–Kier alpha value is -5.25. The van der Waals surface area contributed by atoms with E-state index in [1.807, 2.05) is 0 Å². The van der Waals surface area contributed by atoms with E-state index in [0.29, 0.717) is 11.1 Å². The van der Waals surface area contributed by atoms with E-state index in [2.05, 4.69) is 21.3 Å². The van der Waals surface area contributed by atoms with Crippen LogP contribution in [-0.2, 0) is 54.6 Å². The summed E-state index contributed by atoms with van der Waals surface area (Å²) in [5, 5.41) is 11.3. The van der Waals surface area contributed by atoms with E-state index in [0.717, 1.165) is 11.7 Å². The van der Waals surface area contributed by atoms with E-state index in [9.17, 15) is 37.2 Å². The lowest BCUT2D eigenvalue weighted by Crippen LogP contribution is -2.56. The molecule has 16 heteroatoms. The lowest BCUT2D eigenvalue weighted by Gasteiger charge is -2.28. The molecule has 2 aromatic carbocycles. The summed E-state index contributed by atoms with van der Waals surface area (Å²) in [6.45, 7) is 13.3. The van der Waals surface area contributed by atoms with Gasteiger partial charge in [-0.25, -0.2) is 13.2 Å². The molecule has 15 nitrogen and oxygen atoms in total. The van der Waals surface area contributed by atoms with E-state index in [1.165, 1.54) is 6.08 Å². The van der Waals surface area contributed by atoms with E-state index >= 15 is 0 Å². The molecule has 0 aliphatic rings. The highest BCUT2D eigenvalue weighted by Gasteiger charge is 2.34. The molecule has 2 rings (SSSR count). The van der Waals surface area contributed by atoms with Crippen molar-refractivity contribution >= 4 is 45.6 Å². The van der Waals surface area contributed by atoms with Gasteiger partial charge in [-0.1, -0.05) is 80.6 Å². The quantitative estimate of drug-likeness (QED) is 0.124. The van der Waals surface area contributed by atoms with Crippen LogP contribution in [0.4, 0.5) is 4.79 Å². The molecule has 0 spiro atoms. The van der Waals surface area contributed by atoms with E-state index in [-0.39, 0.29) is 19.4 Å². The predicted octanol–water partition coefficient (Wildman–Crippen LogP) is 4.18. The van der Waals surface area contributed by atoms with Gasteiger partial charge in [0.15, 0.2) is 9.84 Å². The van der Waals surface area contributed by atoms with Crippen LogP contribution in [0.25, 0.3) is 0 Å².